The van der Waals surface area contributed by atoms with Gasteiger partial charge in [0.2, 0.25) is 0 Å². The smallest absolute Gasteiger partial charge is 0.339 e. The van der Waals surface area contributed by atoms with Gasteiger partial charge in [-0.2, -0.15) is 0 Å². The number of thiocarbonyl (C=S) groups is 1. The lowest BCUT2D eigenvalue weighted by Gasteiger charge is -2.10. The van der Waals surface area contributed by atoms with Crippen LogP contribution in [0.1, 0.15) is 17.3 Å². The number of ether oxygens (including phenoxy) is 3. The van der Waals surface area contributed by atoms with Gasteiger partial charge in [0, 0.05) is 10.5 Å². The summed E-state index contributed by atoms with van der Waals surface area (Å²) < 4.78 is 15.7. The van der Waals surface area contributed by atoms with Gasteiger partial charge in [0.25, 0.3) is 0 Å². The Bertz CT molecular complexity index is 434. The molecule has 92 valence electrons. The van der Waals surface area contributed by atoms with Crippen LogP contribution in [0.4, 0.5) is 0 Å². The minimum Gasteiger partial charge on any atom is -0.493 e. The standard InChI is InChI=1S/C11H11BrO4S/c1-3-15-11(13)7-4-10(16-6-17)9(14-2)5-8(7)12/h4-6H,3H2,1-2H3. The molecule has 1 aromatic rings. The van der Waals surface area contributed by atoms with Crippen molar-refractivity contribution in [1.82, 2.24) is 0 Å². The zero-order chi connectivity index (χ0) is 12.8. The van der Waals surface area contributed by atoms with Gasteiger partial charge in [-0.05, 0) is 41.1 Å². The third-order valence-electron chi connectivity index (χ3n) is 1.92. The number of carbonyl (C=O) groups excluding carboxylic acids is 1. The van der Waals surface area contributed by atoms with Crippen molar-refractivity contribution in [2.24, 2.45) is 0 Å². The second-order valence-corrected chi connectivity index (χ2v) is 3.96. The molecule has 0 saturated carbocycles. The Kier molecular flexibility index (Phi) is 5.37. The highest BCUT2D eigenvalue weighted by Gasteiger charge is 2.16. The number of esters is 1. The van der Waals surface area contributed by atoms with Crippen molar-refractivity contribution in [2.45, 2.75) is 6.92 Å². The molecule has 0 heterocycles. The van der Waals surface area contributed by atoms with Crippen LogP contribution in [-0.4, -0.2) is 25.2 Å². The molecule has 0 radical (unpaired) electrons. The minimum absolute atomic E-state index is 0.306. The Labute approximate surface area is 113 Å². The first kappa shape index (κ1) is 13.9. The highest BCUT2D eigenvalue weighted by molar-refractivity contribution is 9.10. The number of hydrogen-bond acceptors (Lipinski definition) is 5. The van der Waals surface area contributed by atoms with Gasteiger partial charge in [0.05, 0.1) is 19.3 Å². The molecule has 0 amide bonds. The van der Waals surface area contributed by atoms with E-state index < -0.39 is 5.97 Å². The molecular weight excluding hydrogens is 308 g/mol. The lowest BCUT2D eigenvalue weighted by molar-refractivity contribution is 0.0525. The van der Waals surface area contributed by atoms with E-state index in [2.05, 4.69) is 28.1 Å². The molecule has 0 aromatic heterocycles. The Hall–Kier alpha value is -1.14. The SMILES string of the molecule is CCOC(=O)c1cc(OC=S)c(OC)cc1Br. The second kappa shape index (κ2) is 6.56. The van der Waals surface area contributed by atoms with Crippen molar-refractivity contribution < 1.29 is 19.0 Å². The van der Waals surface area contributed by atoms with E-state index in [1.165, 1.54) is 13.2 Å². The average molecular weight is 319 g/mol. The maximum Gasteiger partial charge on any atom is 0.339 e. The van der Waals surface area contributed by atoms with Crippen molar-refractivity contribution in [3.63, 3.8) is 0 Å². The van der Waals surface area contributed by atoms with Gasteiger partial charge >= 0.3 is 5.97 Å². The molecule has 6 heteroatoms. The molecule has 0 saturated heterocycles. The van der Waals surface area contributed by atoms with Gasteiger partial charge < -0.3 is 14.2 Å². The minimum atomic E-state index is -0.434. The predicted molar refractivity (Wildman–Crippen MR) is 70.9 cm³/mol. The van der Waals surface area contributed by atoms with E-state index in [1.54, 1.807) is 13.0 Å². The molecule has 0 N–H and O–H groups in total. The maximum atomic E-state index is 11.6. The number of methoxy groups -OCH3 is 1. The van der Waals surface area contributed by atoms with Gasteiger partial charge in [-0.3, -0.25) is 0 Å². The lowest BCUT2D eigenvalue weighted by atomic mass is 10.2. The summed E-state index contributed by atoms with van der Waals surface area (Å²) in [5, 5.41) is 0. The Morgan fingerprint density at radius 2 is 2.18 bits per heavy atom. The van der Waals surface area contributed by atoms with E-state index in [4.69, 9.17) is 14.2 Å². The molecule has 0 fully saturated rings. The number of hydrogen-bond donors (Lipinski definition) is 0. The highest BCUT2D eigenvalue weighted by atomic mass is 79.9. The normalized spacial score (nSPS) is 9.59. The summed E-state index contributed by atoms with van der Waals surface area (Å²) in [5.74, 6) is 0.413. The van der Waals surface area contributed by atoms with Gasteiger partial charge in [-0.15, -0.1) is 0 Å². The molecule has 1 aromatic carbocycles. The fourth-order valence-corrected chi connectivity index (χ4v) is 1.79. The van der Waals surface area contributed by atoms with Gasteiger partial charge in [0.1, 0.15) is 0 Å². The summed E-state index contributed by atoms with van der Waals surface area (Å²) in [7, 11) is 1.50. The van der Waals surface area contributed by atoms with E-state index in [0.717, 1.165) is 5.55 Å². The Morgan fingerprint density at radius 1 is 1.47 bits per heavy atom. The molecule has 0 aliphatic carbocycles. The number of benzene rings is 1. The van der Waals surface area contributed by atoms with Crippen molar-refractivity contribution in [2.75, 3.05) is 13.7 Å². The molecule has 1 rings (SSSR count). The summed E-state index contributed by atoms with van der Waals surface area (Å²) in [6.07, 6.45) is 0. The molecule has 0 unspecified atom stereocenters. The molecular formula is C11H11BrO4S. The monoisotopic (exact) mass is 318 g/mol. The quantitative estimate of drug-likeness (QED) is 0.617. The molecule has 0 spiro atoms. The highest BCUT2D eigenvalue weighted by Crippen LogP contribution is 2.33. The first-order valence-corrected chi connectivity index (χ1v) is 6.05. The van der Waals surface area contributed by atoms with Crippen LogP contribution in [-0.2, 0) is 4.74 Å². The lowest BCUT2D eigenvalue weighted by Crippen LogP contribution is -2.06. The van der Waals surface area contributed by atoms with Crippen molar-refractivity contribution in [3.8, 4) is 11.5 Å². The second-order valence-electron chi connectivity index (χ2n) is 2.92. The largest absolute Gasteiger partial charge is 0.493 e. The van der Waals surface area contributed by atoms with Crippen molar-refractivity contribution in [1.29, 1.82) is 0 Å². The molecule has 0 aliphatic heterocycles. The first-order chi connectivity index (χ1) is 8.13. The Balaban J connectivity index is 3.18. The van der Waals surface area contributed by atoms with Crippen LogP contribution in [0.3, 0.4) is 0 Å². The Morgan fingerprint density at radius 3 is 2.71 bits per heavy atom. The third-order valence-corrected chi connectivity index (χ3v) is 2.68. The van der Waals surface area contributed by atoms with Crippen LogP contribution in [0.25, 0.3) is 0 Å². The fraction of sp³-hybridized carbons (Fsp3) is 0.273. The number of halogens is 1. The van der Waals surface area contributed by atoms with E-state index >= 15 is 0 Å². The zero-order valence-electron chi connectivity index (χ0n) is 9.36. The topological polar surface area (TPSA) is 44.8 Å². The third kappa shape index (κ3) is 3.41. The van der Waals surface area contributed by atoms with Gasteiger partial charge in [-0.25, -0.2) is 4.79 Å². The summed E-state index contributed by atoms with van der Waals surface area (Å²) in [6, 6.07) is 3.14. The zero-order valence-corrected chi connectivity index (χ0v) is 11.8. The van der Waals surface area contributed by atoms with Crippen LogP contribution in [0, 0.1) is 0 Å². The molecule has 0 atom stereocenters. The van der Waals surface area contributed by atoms with Crippen molar-refractivity contribution in [3.05, 3.63) is 22.2 Å². The van der Waals surface area contributed by atoms with Crippen LogP contribution >= 0.6 is 28.1 Å². The van der Waals surface area contributed by atoms with Crippen LogP contribution < -0.4 is 9.47 Å². The van der Waals surface area contributed by atoms with Gasteiger partial charge in [-0.1, -0.05) is 0 Å². The fourth-order valence-electron chi connectivity index (χ4n) is 1.20. The van der Waals surface area contributed by atoms with Crippen molar-refractivity contribution >= 4 is 39.7 Å². The molecule has 17 heavy (non-hydrogen) atoms. The number of rotatable bonds is 5. The van der Waals surface area contributed by atoms with E-state index in [1.807, 2.05) is 0 Å². The molecule has 0 aliphatic rings. The average Bonchev–Trinajstić information content (AvgIpc) is 2.31. The van der Waals surface area contributed by atoms with Crippen LogP contribution in [0.15, 0.2) is 16.6 Å². The summed E-state index contributed by atoms with van der Waals surface area (Å²) in [5.41, 5.74) is 1.46. The first-order valence-electron chi connectivity index (χ1n) is 4.79. The summed E-state index contributed by atoms with van der Waals surface area (Å²) in [4.78, 5) is 11.6. The van der Waals surface area contributed by atoms with E-state index in [9.17, 15) is 4.79 Å². The maximum absolute atomic E-state index is 11.6. The number of carbonyl (C=O) groups is 1. The molecule has 0 bridgehead atoms. The molecule has 4 nitrogen and oxygen atoms in total. The van der Waals surface area contributed by atoms with Crippen LogP contribution in [0.5, 0.6) is 11.5 Å². The summed E-state index contributed by atoms with van der Waals surface area (Å²) in [6.45, 7) is 2.05. The summed E-state index contributed by atoms with van der Waals surface area (Å²) >= 11 is 7.88. The van der Waals surface area contributed by atoms with E-state index in [0.29, 0.717) is 28.1 Å². The van der Waals surface area contributed by atoms with E-state index in [-0.39, 0.29) is 0 Å². The van der Waals surface area contributed by atoms with Gasteiger partial charge in [0.15, 0.2) is 17.1 Å². The predicted octanol–water partition coefficient (Wildman–Crippen LogP) is 2.97. The van der Waals surface area contributed by atoms with Crippen LogP contribution in [0.2, 0.25) is 0 Å².